The largest absolute Gasteiger partial charge is 0.480 e. The molecular weight excluding hydrogens is 334 g/mol. The Morgan fingerprint density at radius 1 is 1.25 bits per heavy atom. The highest BCUT2D eigenvalue weighted by Crippen LogP contribution is 2.15. The van der Waals surface area contributed by atoms with Crippen LogP contribution in [0.25, 0.3) is 10.1 Å². The number of carbonyl (C=O) groups is 2. The third-order valence-corrected chi connectivity index (χ3v) is 4.26. The van der Waals surface area contributed by atoms with Crippen molar-refractivity contribution in [1.29, 1.82) is 0 Å². The molecule has 1 aromatic carbocycles. The third kappa shape index (κ3) is 3.49. The van der Waals surface area contributed by atoms with Crippen molar-refractivity contribution in [2.24, 2.45) is 0 Å². The first-order valence-electron chi connectivity index (χ1n) is 6.99. The summed E-state index contributed by atoms with van der Waals surface area (Å²) < 4.78 is 3.38. The molecule has 0 aliphatic carbocycles. The van der Waals surface area contributed by atoms with Crippen molar-refractivity contribution in [1.82, 2.24) is 24.3 Å². The van der Waals surface area contributed by atoms with Crippen LogP contribution in [0.4, 0.5) is 0 Å². The molecule has 3 rings (SSSR count). The van der Waals surface area contributed by atoms with Crippen molar-refractivity contribution in [3.05, 3.63) is 46.5 Å². The lowest BCUT2D eigenvalue weighted by Gasteiger charge is -2.02. The van der Waals surface area contributed by atoms with E-state index in [0.717, 1.165) is 4.70 Å². The molecule has 0 saturated heterocycles. The Kier molecular flexibility index (Phi) is 4.38. The van der Waals surface area contributed by atoms with Gasteiger partial charge in [-0.2, -0.15) is 0 Å². The van der Waals surface area contributed by atoms with Crippen LogP contribution in [0.15, 0.2) is 35.3 Å². The number of hydrogen-bond donors (Lipinski definition) is 2. The van der Waals surface area contributed by atoms with Gasteiger partial charge in [0.15, 0.2) is 0 Å². The Balaban J connectivity index is 1.61. The zero-order chi connectivity index (χ0) is 17.1. The van der Waals surface area contributed by atoms with Gasteiger partial charge < -0.3 is 10.4 Å². The van der Waals surface area contributed by atoms with Crippen LogP contribution >= 0.6 is 11.5 Å². The number of aliphatic carboxylic acids is 1. The number of amides is 1. The normalized spacial score (nSPS) is 10.8. The molecule has 0 unspecified atom stereocenters. The third-order valence-electron chi connectivity index (χ3n) is 3.19. The van der Waals surface area contributed by atoms with E-state index in [2.05, 4.69) is 15.6 Å². The number of hydrogen-bond acceptors (Lipinski definition) is 6. The molecule has 10 heteroatoms. The van der Waals surface area contributed by atoms with Crippen LogP contribution in [0.5, 0.6) is 0 Å². The first-order chi connectivity index (χ1) is 11.5. The van der Waals surface area contributed by atoms with Crippen molar-refractivity contribution in [2.45, 2.75) is 19.6 Å². The highest BCUT2D eigenvalue weighted by molar-refractivity contribution is 7.13. The van der Waals surface area contributed by atoms with Gasteiger partial charge in [0, 0.05) is 0 Å². The van der Waals surface area contributed by atoms with Crippen molar-refractivity contribution < 1.29 is 14.7 Å². The second-order valence-corrected chi connectivity index (χ2v) is 6.07. The maximum Gasteiger partial charge on any atom is 0.325 e. The minimum atomic E-state index is -1.03. The number of rotatable bonds is 6. The lowest BCUT2D eigenvalue weighted by atomic mass is 10.3. The number of carbonyl (C=O) groups excluding carboxylic acids is 1. The minimum Gasteiger partial charge on any atom is -0.480 e. The van der Waals surface area contributed by atoms with Gasteiger partial charge in [0.25, 0.3) is 5.56 Å². The molecule has 0 aliphatic rings. The van der Waals surface area contributed by atoms with Gasteiger partial charge in [-0.05, 0) is 12.1 Å². The molecule has 0 aliphatic heterocycles. The number of nitrogens with zero attached hydrogens (tertiary/aromatic N) is 4. The van der Waals surface area contributed by atoms with Gasteiger partial charge in [0.2, 0.25) is 5.91 Å². The number of carboxylic acids is 1. The van der Waals surface area contributed by atoms with E-state index in [-0.39, 0.29) is 31.1 Å². The van der Waals surface area contributed by atoms with Gasteiger partial charge in [-0.25, -0.2) is 4.68 Å². The standard InChI is InChI=1S/C14H13N5O4S/c20-12(15-5-9-6-18(17-16-9)8-13(21)22)7-19-14(23)10-3-1-2-4-11(10)24-19/h1-4,6H,5,7-8H2,(H,15,20)(H,21,22). The molecule has 124 valence electrons. The first-order valence-corrected chi connectivity index (χ1v) is 7.76. The number of carboxylic acid groups (broad SMARTS) is 1. The summed E-state index contributed by atoms with van der Waals surface area (Å²) in [6, 6.07) is 7.17. The van der Waals surface area contributed by atoms with E-state index < -0.39 is 5.97 Å². The lowest BCUT2D eigenvalue weighted by molar-refractivity contribution is -0.138. The Bertz CT molecular complexity index is 957. The van der Waals surface area contributed by atoms with Gasteiger partial charge in [0.05, 0.1) is 22.8 Å². The van der Waals surface area contributed by atoms with E-state index in [4.69, 9.17) is 5.11 Å². The quantitative estimate of drug-likeness (QED) is 0.650. The van der Waals surface area contributed by atoms with E-state index >= 15 is 0 Å². The fourth-order valence-corrected chi connectivity index (χ4v) is 3.13. The molecule has 3 aromatic rings. The number of fused-ring (bicyclic) bond motifs is 1. The molecule has 2 aromatic heterocycles. The topological polar surface area (TPSA) is 119 Å². The summed E-state index contributed by atoms with van der Waals surface area (Å²) in [5.41, 5.74) is 0.242. The Hall–Kier alpha value is -3.01. The summed E-state index contributed by atoms with van der Waals surface area (Å²) in [6.07, 6.45) is 1.44. The van der Waals surface area contributed by atoms with Crippen LogP contribution in [0, 0.1) is 0 Å². The molecular formula is C14H13N5O4S. The second-order valence-electron chi connectivity index (χ2n) is 5.01. The number of aromatic nitrogens is 4. The van der Waals surface area contributed by atoms with E-state index in [1.165, 1.54) is 26.4 Å². The van der Waals surface area contributed by atoms with Gasteiger partial charge in [-0.15, -0.1) is 5.10 Å². The summed E-state index contributed by atoms with van der Waals surface area (Å²) in [5.74, 6) is -1.36. The molecule has 1 amide bonds. The van der Waals surface area contributed by atoms with Crippen molar-refractivity contribution in [2.75, 3.05) is 0 Å². The van der Waals surface area contributed by atoms with E-state index in [1.54, 1.807) is 12.1 Å². The maximum absolute atomic E-state index is 12.2. The molecule has 0 fully saturated rings. The number of nitrogens with one attached hydrogen (secondary N) is 1. The lowest BCUT2D eigenvalue weighted by Crippen LogP contribution is -2.29. The average molecular weight is 347 g/mol. The van der Waals surface area contributed by atoms with Crippen LogP contribution in [0.3, 0.4) is 0 Å². The van der Waals surface area contributed by atoms with Gasteiger partial charge in [0.1, 0.15) is 18.8 Å². The van der Waals surface area contributed by atoms with E-state index in [1.807, 2.05) is 12.1 Å². The molecule has 0 radical (unpaired) electrons. The smallest absolute Gasteiger partial charge is 0.325 e. The predicted molar refractivity (Wildman–Crippen MR) is 85.6 cm³/mol. The first kappa shape index (κ1) is 15.9. The summed E-state index contributed by atoms with van der Waals surface area (Å²) in [5, 5.41) is 19.3. The fourth-order valence-electron chi connectivity index (χ4n) is 2.13. The highest BCUT2D eigenvalue weighted by atomic mass is 32.1. The van der Waals surface area contributed by atoms with E-state index in [9.17, 15) is 14.4 Å². The zero-order valence-corrected chi connectivity index (χ0v) is 13.2. The van der Waals surface area contributed by atoms with Gasteiger partial charge in [-0.3, -0.25) is 18.3 Å². The molecule has 0 atom stereocenters. The molecule has 2 heterocycles. The van der Waals surface area contributed by atoms with Gasteiger partial charge in [-0.1, -0.05) is 28.9 Å². The van der Waals surface area contributed by atoms with Gasteiger partial charge >= 0.3 is 5.97 Å². The minimum absolute atomic E-state index is 0.0819. The zero-order valence-electron chi connectivity index (χ0n) is 12.4. The van der Waals surface area contributed by atoms with Crippen molar-refractivity contribution in [3.8, 4) is 0 Å². The van der Waals surface area contributed by atoms with Crippen LogP contribution in [0.1, 0.15) is 5.69 Å². The molecule has 0 spiro atoms. The predicted octanol–water partition coefficient (Wildman–Crippen LogP) is 0.0555. The van der Waals surface area contributed by atoms with Crippen LogP contribution in [0.2, 0.25) is 0 Å². The molecule has 9 nitrogen and oxygen atoms in total. The average Bonchev–Trinajstić information content (AvgIpc) is 3.10. The molecule has 2 N–H and O–H groups in total. The Morgan fingerprint density at radius 3 is 2.79 bits per heavy atom. The fraction of sp³-hybridized carbons (Fsp3) is 0.214. The van der Waals surface area contributed by atoms with Crippen LogP contribution < -0.4 is 10.9 Å². The SMILES string of the molecule is O=C(O)Cn1cc(CNC(=O)Cn2sc3ccccc3c2=O)nn1. The van der Waals surface area contributed by atoms with Crippen LogP contribution in [-0.2, 0) is 29.2 Å². The van der Waals surface area contributed by atoms with Crippen LogP contribution in [-0.4, -0.2) is 35.9 Å². The van der Waals surface area contributed by atoms with Crippen molar-refractivity contribution >= 4 is 33.5 Å². The summed E-state index contributed by atoms with van der Waals surface area (Å²) in [7, 11) is 0. The summed E-state index contributed by atoms with van der Waals surface area (Å²) >= 11 is 1.23. The maximum atomic E-state index is 12.2. The molecule has 24 heavy (non-hydrogen) atoms. The number of benzene rings is 1. The van der Waals surface area contributed by atoms with E-state index in [0.29, 0.717) is 11.1 Å². The van der Waals surface area contributed by atoms with Crippen molar-refractivity contribution in [3.63, 3.8) is 0 Å². The Labute approximate surface area is 139 Å². The Morgan fingerprint density at radius 2 is 2.04 bits per heavy atom. The second kappa shape index (κ2) is 6.62. The highest BCUT2D eigenvalue weighted by Gasteiger charge is 2.11. The molecule has 0 saturated carbocycles. The molecule has 0 bridgehead atoms. The summed E-state index contributed by atoms with van der Waals surface area (Å²) in [6.45, 7) is -0.266. The summed E-state index contributed by atoms with van der Waals surface area (Å²) in [4.78, 5) is 34.7. The monoisotopic (exact) mass is 347 g/mol.